The number of benzene rings is 4. The Hall–Kier alpha value is -3.48. The summed E-state index contributed by atoms with van der Waals surface area (Å²) in [5.41, 5.74) is 4.77. The van der Waals surface area contributed by atoms with Crippen LogP contribution in [0.25, 0.3) is 33.2 Å². The summed E-state index contributed by atoms with van der Waals surface area (Å²) in [7, 11) is -4.01. The van der Waals surface area contributed by atoms with Crippen molar-refractivity contribution in [1.82, 2.24) is 0 Å². The van der Waals surface area contributed by atoms with Crippen LogP contribution in [0.1, 0.15) is 5.56 Å². The molecule has 0 saturated carbocycles. The maximum atomic E-state index is 13.3. The molecule has 34 heavy (non-hydrogen) atoms. The van der Waals surface area contributed by atoms with Crippen LogP contribution in [0.5, 0.6) is 0 Å². The molecule has 0 saturated heterocycles. The maximum Gasteiger partial charge on any atom is 0.285 e. The summed E-state index contributed by atoms with van der Waals surface area (Å²) in [5, 5.41) is 0.853. The van der Waals surface area contributed by atoms with Gasteiger partial charge in [-0.15, -0.1) is 4.40 Å². The largest absolute Gasteiger partial charge is 0.437 e. The van der Waals surface area contributed by atoms with Crippen LogP contribution in [0.3, 0.4) is 0 Å². The Balaban J connectivity index is 1.94. The minimum Gasteiger partial charge on any atom is -0.437 e. The highest BCUT2D eigenvalue weighted by Gasteiger charge is 2.20. The number of sulfonamides is 1. The zero-order valence-electron chi connectivity index (χ0n) is 18.3. The molecule has 4 aromatic carbocycles. The quantitative estimate of drug-likeness (QED) is 0.249. The van der Waals surface area contributed by atoms with Crippen molar-refractivity contribution in [2.75, 3.05) is 0 Å². The van der Waals surface area contributed by atoms with Gasteiger partial charge in [-0.25, -0.2) is 0 Å². The molecule has 4 nitrogen and oxygen atoms in total. The third-order valence-corrected chi connectivity index (χ3v) is 7.30. The molecule has 168 valence electrons. The molecule has 0 N–H and O–H groups in total. The number of fused-ring (bicyclic) bond motifs is 1. The van der Waals surface area contributed by atoms with E-state index in [4.69, 9.17) is 4.42 Å². The van der Waals surface area contributed by atoms with Gasteiger partial charge in [0.25, 0.3) is 10.0 Å². The molecule has 0 aliphatic carbocycles. The number of nitrogens with zero attached hydrogens (tertiary/aromatic N) is 1. The van der Waals surface area contributed by atoms with E-state index >= 15 is 0 Å². The lowest BCUT2D eigenvalue weighted by Crippen LogP contribution is -2.12. The fourth-order valence-corrected chi connectivity index (χ4v) is 5.19. The Morgan fingerprint density at radius 1 is 0.735 bits per heavy atom. The topological polar surface area (TPSA) is 59.6 Å². The number of hydrogen-bond acceptors (Lipinski definition) is 3. The molecule has 6 heteroatoms. The monoisotopic (exact) mass is 529 g/mol. The van der Waals surface area contributed by atoms with Gasteiger partial charge in [0.05, 0.1) is 10.5 Å². The molecule has 0 aliphatic heterocycles. The molecule has 0 amide bonds. The van der Waals surface area contributed by atoms with Crippen LogP contribution >= 0.6 is 15.9 Å². The van der Waals surface area contributed by atoms with Crippen molar-refractivity contribution in [1.29, 1.82) is 0 Å². The molecule has 0 unspecified atom stereocenters. The van der Waals surface area contributed by atoms with E-state index in [9.17, 15) is 8.42 Å². The van der Waals surface area contributed by atoms with Gasteiger partial charge >= 0.3 is 0 Å². The van der Waals surface area contributed by atoms with Crippen molar-refractivity contribution in [3.8, 4) is 22.3 Å². The Kier molecular flexibility index (Phi) is 5.94. The van der Waals surface area contributed by atoms with Crippen molar-refractivity contribution in [3.05, 3.63) is 119 Å². The molecule has 0 aliphatic rings. The second-order valence-corrected chi connectivity index (χ2v) is 10.4. The van der Waals surface area contributed by atoms with Crippen LogP contribution in [0.2, 0.25) is 0 Å². The highest BCUT2D eigenvalue weighted by Crippen LogP contribution is 2.37. The van der Waals surface area contributed by atoms with Gasteiger partial charge in [0.2, 0.25) is 5.55 Å². The summed E-state index contributed by atoms with van der Waals surface area (Å²) >= 11 is 3.56. The third kappa shape index (κ3) is 4.34. The van der Waals surface area contributed by atoms with Crippen molar-refractivity contribution in [3.63, 3.8) is 0 Å². The lowest BCUT2D eigenvalue weighted by atomic mass is 9.93. The molecule has 0 spiro atoms. The molecule has 0 radical (unpaired) electrons. The fourth-order valence-electron chi connectivity index (χ4n) is 3.90. The van der Waals surface area contributed by atoms with E-state index in [1.165, 1.54) is 0 Å². The highest BCUT2D eigenvalue weighted by molar-refractivity contribution is 9.10. The molecular formula is C28H20BrNO3S. The first-order valence-electron chi connectivity index (χ1n) is 10.7. The predicted molar refractivity (Wildman–Crippen MR) is 139 cm³/mol. The fraction of sp³-hybridized carbons (Fsp3) is 0.0357. The number of halogens is 1. The van der Waals surface area contributed by atoms with Crippen LogP contribution in [0.4, 0.5) is 0 Å². The Morgan fingerprint density at radius 3 is 1.94 bits per heavy atom. The van der Waals surface area contributed by atoms with Crippen molar-refractivity contribution in [2.24, 2.45) is 4.40 Å². The smallest absolute Gasteiger partial charge is 0.285 e. The summed E-state index contributed by atoms with van der Waals surface area (Å²) in [6, 6.07) is 31.7. The normalized spacial score (nSPS) is 12.2. The van der Waals surface area contributed by atoms with Crippen LogP contribution < -0.4 is 5.55 Å². The molecule has 0 bridgehead atoms. The average molecular weight is 530 g/mol. The molecular weight excluding hydrogens is 510 g/mol. The highest BCUT2D eigenvalue weighted by atomic mass is 79.9. The Bertz CT molecular complexity index is 1660. The SMILES string of the molecule is Cc1ccc(S(=O)(=O)/N=c2\oc3ccc(Br)cc3c(-c3ccccc3)c2-c2ccccc2)cc1. The van der Waals surface area contributed by atoms with Gasteiger partial charge in [-0.05, 0) is 48.4 Å². The summed E-state index contributed by atoms with van der Waals surface area (Å²) < 4.78 is 37.9. The number of hydrogen-bond donors (Lipinski definition) is 0. The average Bonchev–Trinajstić information content (AvgIpc) is 2.84. The molecule has 5 aromatic rings. The van der Waals surface area contributed by atoms with Gasteiger partial charge < -0.3 is 4.42 Å². The van der Waals surface area contributed by atoms with E-state index in [0.29, 0.717) is 11.1 Å². The first kappa shape index (κ1) is 22.3. The van der Waals surface area contributed by atoms with Crippen molar-refractivity contribution < 1.29 is 12.8 Å². The zero-order valence-corrected chi connectivity index (χ0v) is 20.7. The van der Waals surface area contributed by atoms with Crippen LogP contribution in [-0.4, -0.2) is 8.42 Å². The van der Waals surface area contributed by atoms with Gasteiger partial charge in [0.1, 0.15) is 5.58 Å². The van der Waals surface area contributed by atoms with Crippen LogP contribution in [0, 0.1) is 6.92 Å². The lowest BCUT2D eigenvalue weighted by Gasteiger charge is -2.14. The minimum absolute atomic E-state index is 0.0421. The van der Waals surface area contributed by atoms with Gasteiger partial charge in [-0.3, -0.25) is 0 Å². The molecule has 0 atom stereocenters. The minimum atomic E-state index is -4.01. The lowest BCUT2D eigenvalue weighted by molar-refractivity contribution is 0.543. The second kappa shape index (κ2) is 9.05. The zero-order chi connectivity index (χ0) is 23.7. The summed E-state index contributed by atoms with van der Waals surface area (Å²) in [6.45, 7) is 1.91. The summed E-state index contributed by atoms with van der Waals surface area (Å²) in [4.78, 5) is 0.115. The molecule has 1 heterocycles. The van der Waals surface area contributed by atoms with E-state index < -0.39 is 10.0 Å². The van der Waals surface area contributed by atoms with Gasteiger partial charge in [-0.1, -0.05) is 94.3 Å². The van der Waals surface area contributed by atoms with E-state index in [2.05, 4.69) is 20.3 Å². The maximum absolute atomic E-state index is 13.3. The molecule has 5 rings (SSSR count). The summed E-state index contributed by atoms with van der Waals surface area (Å²) in [6.07, 6.45) is 0. The summed E-state index contributed by atoms with van der Waals surface area (Å²) in [5.74, 6) is 0. The van der Waals surface area contributed by atoms with Crippen LogP contribution in [0.15, 0.2) is 121 Å². The van der Waals surface area contributed by atoms with Crippen LogP contribution in [-0.2, 0) is 10.0 Å². The number of rotatable bonds is 4. The van der Waals surface area contributed by atoms with E-state index in [1.807, 2.05) is 85.8 Å². The Labute approximate surface area is 206 Å². The van der Waals surface area contributed by atoms with E-state index in [-0.39, 0.29) is 10.4 Å². The van der Waals surface area contributed by atoms with Crippen molar-refractivity contribution >= 4 is 36.9 Å². The Morgan fingerprint density at radius 2 is 1.32 bits per heavy atom. The first-order chi connectivity index (χ1) is 16.4. The third-order valence-electron chi connectivity index (χ3n) is 5.53. The van der Waals surface area contributed by atoms with E-state index in [0.717, 1.165) is 32.1 Å². The van der Waals surface area contributed by atoms with E-state index in [1.54, 1.807) is 24.3 Å². The molecule has 1 aromatic heterocycles. The number of aryl methyl sites for hydroxylation is 1. The standard InChI is InChI=1S/C28H20BrNO3S/c1-19-12-15-23(16-13-19)34(31,32)30-28-27(21-10-6-3-7-11-21)26(20-8-4-2-5-9-20)24-18-22(29)14-17-25(24)33-28/h2-18H,1H3/b30-28-. The van der Waals surface area contributed by atoms with Gasteiger partial charge in [0.15, 0.2) is 0 Å². The molecule has 0 fully saturated rings. The second-order valence-electron chi connectivity index (χ2n) is 7.91. The predicted octanol–water partition coefficient (Wildman–Crippen LogP) is 7.13. The first-order valence-corrected chi connectivity index (χ1v) is 12.9. The van der Waals surface area contributed by atoms with Gasteiger partial charge in [0, 0.05) is 15.4 Å². The van der Waals surface area contributed by atoms with Gasteiger partial charge in [-0.2, -0.15) is 8.42 Å². The van der Waals surface area contributed by atoms with Crippen molar-refractivity contribution in [2.45, 2.75) is 11.8 Å².